The van der Waals surface area contributed by atoms with E-state index in [1.165, 1.54) is 31.2 Å². The number of piperazine rings is 1. The smallest absolute Gasteiger partial charge is 0.317 e. The van der Waals surface area contributed by atoms with Crippen LogP contribution in [0.15, 0.2) is 24.3 Å². The number of nitrogens with one attached hydrogen (secondary N) is 1. The van der Waals surface area contributed by atoms with Crippen molar-refractivity contribution in [2.45, 2.75) is 45.2 Å². The monoisotopic (exact) mass is 301 g/mol. The summed E-state index contributed by atoms with van der Waals surface area (Å²) in [5, 5.41) is 3.04. The number of hydrogen-bond donors (Lipinski definition) is 1. The fraction of sp³-hybridized carbons (Fsp3) is 0.611. The fourth-order valence-electron chi connectivity index (χ4n) is 3.55. The van der Waals surface area contributed by atoms with E-state index in [1.807, 2.05) is 4.90 Å². The lowest BCUT2D eigenvalue weighted by molar-refractivity contribution is 0.109. The molecule has 1 aliphatic carbocycles. The molecule has 2 fully saturated rings. The Kier molecular flexibility index (Phi) is 4.98. The summed E-state index contributed by atoms with van der Waals surface area (Å²) in [4.78, 5) is 16.8. The van der Waals surface area contributed by atoms with Crippen LogP contribution in [-0.4, -0.2) is 48.1 Å². The molecule has 0 bridgehead atoms. The number of amides is 2. The standard InChI is InChI=1S/C18H27N3O/c1-15-6-8-16(9-7-15)14-19-18(22)21-12-10-20(11-13-21)17-4-2-3-5-17/h6-9,17H,2-5,10-14H2,1H3,(H,19,22). The zero-order valence-corrected chi connectivity index (χ0v) is 13.6. The lowest BCUT2D eigenvalue weighted by atomic mass is 10.1. The van der Waals surface area contributed by atoms with Crippen molar-refractivity contribution in [2.24, 2.45) is 0 Å². The molecule has 4 heteroatoms. The lowest BCUT2D eigenvalue weighted by Gasteiger charge is -2.38. The number of aryl methyl sites for hydroxylation is 1. The van der Waals surface area contributed by atoms with Gasteiger partial charge in [-0.05, 0) is 25.3 Å². The van der Waals surface area contributed by atoms with Crippen molar-refractivity contribution in [1.29, 1.82) is 0 Å². The van der Waals surface area contributed by atoms with E-state index in [4.69, 9.17) is 0 Å². The Balaban J connectivity index is 1.42. The van der Waals surface area contributed by atoms with Gasteiger partial charge in [0.2, 0.25) is 0 Å². The molecule has 1 heterocycles. The molecule has 2 aliphatic rings. The third-order valence-corrected chi connectivity index (χ3v) is 5.01. The van der Waals surface area contributed by atoms with Crippen LogP contribution in [0, 0.1) is 6.92 Å². The van der Waals surface area contributed by atoms with Gasteiger partial charge in [0.25, 0.3) is 0 Å². The minimum absolute atomic E-state index is 0.0756. The molecule has 1 saturated carbocycles. The number of carbonyl (C=O) groups is 1. The van der Waals surface area contributed by atoms with Crippen molar-refractivity contribution in [3.8, 4) is 0 Å². The van der Waals surface area contributed by atoms with Gasteiger partial charge in [0.1, 0.15) is 0 Å². The van der Waals surface area contributed by atoms with Crippen LogP contribution in [-0.2, 0) is 6.54 Å². The van der Waals surface area contributed by atoms with Crippen molar-refractivity contribution in [3.05, 3.63) is 35.4 Å². The van der Waals surface area contributed by atoms with Gasteiger partial charge in [0.05, 0.1) is 0 Å². The maximum absolute atomic E-state index is 12.3. The third kappa shape index (κ3) is 3.80. The number of rotatable bonds is 3. The summed E-state index contributed by atoms with van der Waals surface area (Å²) in [5.41, 5.74) is 2.40. The van der Waals surface area contributed by atoms with Gasteiger partial charge in [0, 0.05) is 38.8 Å². The molecule has 1 aliphatic heterocycles. The van der Waals surface area contributed by atoms with Gasteiger partial charge < -0.3 is 10.2 Å². The first-order valence-electron chi connectivity index (χ1n) is 8.55. The predicted octanol–water partition coefficient (Wildman–Crippen LogP) is 2.76. The Labute approximate surface area is 133 Å². The summed E-state index contributed by atoms with van der Waals surface area (Å²) in [7, 11) is 0. The van der Waals surface area contributed by atoms with Crippen LogP contribution in [0.1, 0.15) is 36.8 Å². The van der Waals surface area contributed by atoms with Gasteiger partial charge in [-0.2, -0.15) is 0 Å². The highest BCUT2D eigenvalue weighted by molar-refractivity contribution is 5.74. The molecule has 0 atom stereocenters. The molecule has 0 spiro atoms. The van der Waals surface area contributed by atoms with Crippen LogP contribution in [0.3, 0.4) is 0 Å². The second kappa shape index (κ2) is 7.14. The Morgan fingerprint density at radius 3 is 2.36 bits per heavy atom. The molecule has 1 aromatic carbocycles. The molecular weight excluding hydrogens is 274 g/mol. The first-order chi connectivity index (χ1) is 10.7. The van der Waals surface area contributed by atoms with Gasteiger partial charge in [-0.25, -0.2) is 4.79 Å². The molecule has 0 radical (unpaired) electrons. The van der Waals surface area contributed by atoms with Gasteiger partial charge in [0.15, 0.2) is 0 Å². The van der Waals surface area contributed by atoms with E-state index in [-0.39, 0.29) is 6.03 Å². The quantitative estimate of drug-likeness (QED) is 0.932. The number of urea groups is 1. The molecule has 4 nitrogen and oxygen atoms in total. The third-order valence-electron chi connectivity index (χ3n) is 5.01. The summed E-state index contributed by atoms with van der Waals surface area (Å²) < 4.78 is 0. The molecule has 2 amide bonds. The Morgan fingerprint density at radius 1 is 1.09 bits per heavy atom. The highest BCUT2D eigenvalue weighted by Gasteiger charge is 2.27. The summed E-state index contributed by atoms with van der Waals surface area (Å²) in [6.07, 6.45) is 5.45. The van der Waals surface area contributed by atoms with Crippen molar-refractivity contribution >= 4 is 6.03 Å². The summed E-state index contributed by atoms with van der Waals surface area (Å²) >= 11 is 0. The maximum Gasteiger partial charge on any atom is 0.317 e. The van der Waals surface area contributed by atoms with E-state index < -0.39 is 0 Å². The van der Waals surface area contributed by atoms with E-state index in [1.54, 1.807) is 0 Å². The average molecular weight is 301 g/mol. The minimum atomic E-state index is 0.0756. The lowest BCUT2D eigenvalue weighted by Crippen LogP contribution is -2.53. The van der Waals surface area contributed by atoms with Crippen LogP contribution >= 0.6 is 0 Å². The van der Waals surface area contributed by atoms with E-state index >= 15 is 0 Å². The van der Waals surface area contributed by atoms with Crippen LogP contribution in [0.5, 0.6) is 0 Å². The molecular formula is C18H27N3O. The second-order valence-corrected chi connectivity index (χ2v) is 6.61. The zero-order valence-electron chi connectivity index (χ0n) is 13.6. The van der Waals surface area contributed by atoms with Crippen molar-refractivity contribution in [2.75, 3.05) is 26.2 Å². The second-order valence-electron chi connectivity index (χ2n) is 6.61. The molecule has 0 aromatic heterocycles. The normalized spacial score (nSPS) is 20.3. The highest BCUT2D eigenvalue weighted by Crippen LogP contribution is 2.24. The zero-order chi connectivity index (χ0) is 15.4. The molecule has 0 unspecified atom stereocenters. The molecule has 1 N–H and O–H groups in total. The predicted molar refractivity (Wildman–Crippen MR) is 88.8 cm³/mol. The highest BCUT2D eigenvalue weighted by atomic mass is 16.2. The Morgan fingerprint density at radius 2 is 1.73 bits per heavy atom. The first-order valence-corrected chi connectivity index (χ1v) is 8.55. The van der Waals surface area contributed by atoms with Gasteiger partial charge in [-0.3, -0.25) is 4.90 Å². The Hall–Kier alpha value is -1.55. The van der Waals surface area contributed by atoms with E-state index in [0.29, 0.717) is 6.54 Å². The van der Waals surface area contributed by atoms with Crippen molar-refractivity contribution < 1.29 is 4.79 Å². The number of benzene rings is 1. The first kappa shape index (κ1) is 15.3. The average Bonchev–Trinajstić information content (AvgIpc) is 3.09. The van der Waals surface area contributed by atoms with E-state index in [2.05, 4.69) is 41.4 Å². The summed E-state index contributed by atoms with van der Waals surface area (Å²) in [6, 6.07) is 9.18. The summed E-state index contributed by atoms with van der Waals surface area (Å²) in [5.74, 6) is 0. The number of hydrogen-bond acceptors (Lipinski definition) is 2. The van der Waals surface area contributed by atoms with Crippen molar-refractivity contribution in [1.82, 2.24) is 15.1 Å². The maximum atomic E-state index is 12.3. The molecule has 1 saturated heterocycles. The van der Waals surface area contributed by atoms with E-state index in [0.717, 1.165) is 37.8 Å². The number of nitrogens with zero attached hydrogens (tertiary/aromatic N) is 2. The molecule has 3 rings (SSSR count). The SMILES string of the molecule is Cc1ccc(CNC(=O)N2CCN(C3CCCC3)CC2)cc1. The van der Waals surface area contributed by atoms with Gasteiger partial charge in [-0.15, -0.1) is 0 Å². The van der Waals surface area contributed by atoms with Crippen molar-refractivity contribution in [3.63, 3.8) is 0 Å². The summed E-state index contributed by atoms with van der Waals surface area (Å²) in [6.45, 7) is 6.46. The molecule has 120 valence electrons. The molecule has 1 aromatic rings. The van der Waals surface area contributed by atoms with E-state index in [9.17, 15) is 4.79 Å². The molecule has 22 heavy (non-hydrogen) atoms. The van der Waals surface area contributed by atoms with Crippen LogP contribution in [0.2, 0.25) is 0 Å². The largest absolute Gasteiger partial charge is 0.334 e. The number of carbonyl (C=O) groups excluding carboxylic acids is 1. The van der Waals surface area contributed by atoms with Gasteiger partial charge >= 0.3 is 6.03 Å². The van der Waals surface area contributed by atoms with Crippen LogP contribution in [0.25, 0.3) is 0 Å². The van der Waals surface area contributed by atoms with Gasteiger partial charge in [-0.1, -0.05) is 42.7 Å². The topological polar surface area (TPSA) is 35.6 Å². The Bertz CT molecular complexity index is 486. The van der Waals surface area contributed by atoms with Crippen LogP contribution in [0.4, 0.5) is 4.79 Å². The van der Waals surface area contributed by atoms with Crippen LogP contribution < -0.4 is 5.32 Å². The minimum Gasteiger partial charge on any atom is -0.334 e. The fourth-order valence-corrected chi connectivity index (χ4v) is 3.55.